The van der Waals surface area contributed by atoms with Crippen LogP contribution in [0.2, 0.25) is 0 Å². The Morgan fingerprint density at radius 1 is 0.260 bits per heavy atom. The minimum absolute atomic E-state index is 0.0747. The molecule has 428 valence electrons. The summed E-state index contributed by atoms with van der Waals surface area (Å²) in [7, 11) is 0. The van der Waals surface area contributed by atoms with Crippen LogP contribution in [0, 0.1) is 0 Å². The van der Waals surface area contributed by atoms with Gasteiger partial charge in [-0.05, 0) is 96.3 Å². The Hall–Kier alpha value is -2.37. The molecule has 1 atom stereocenters. The minimum atomic E-state index is -0.778. The van der Waals surface area contributed by atoms with E-state index in [1.807, 2.05) is 0 Å². The van der Waals surface area contributed by atoms with Crippen LogP contribution in [0.1, 0.15) is 355 Å². The average Bonchev–Trinajstić information content (AvgIpc) is 3.39. The van der Waals surface area contributed by atoms with Crippen molar-refractivity contribution < 1.29 is 28.6 Å². The zero-order chi connectivity index (χ0) is 52.9. The Morgan fingerprint density at radius 3 is 0.685 bits per heavy atom. The van der Waals surface area contributed by atoms with Gasteiger partial charge in [0.05, 0.1) is 0 Å². The van der Waals surface area contributed by atoms with Gasteiger partial charge < -0.3 is 14.2 Å². The summed E-state index contributed by atoms with van der Waals surface area (Å²) in [6, 6.07) is 0. The van der Waals surface area contributed by atoms with Crippen molar-refractivity contribution in [3.05, 3.63) is 36.5 Å². The van der Waals surface area contributed by atoms with Gasteiger partial charge in [0.25, 0.3) is 0 Å². The Labute approximate surface area is 455 Å². The number of carbonyl (C=O) groups excluding carboxylic acids is 3. The number of allylic oxidation sites excluding steroid dienone is 6. The molecule has 0 N–H and O–H groups in total. The quantitative estimate of drug-likeness (QED) is 0.0261. The van der Waals surface area contributed by atoms with Gasteiger partial charge in [0.1, 0.15) is 13.2 Å². The van der Waals surface area contributed by atoms with Crippen LogP contribution in [0.3, 0.4) is 0 Å². The third kappa shape index (κ3) is 60.4. The van der Waals surface area contributed by atoms with Crippen molar-refractivity contribution in [2.45, 2.75) is 361 Å². The van der Waals surface area contributed by atoms with E-state index in [0.717, 1.165) is 64.2 Å². The van der Waals surface area contributed by atoms with Crippen LogP contribution in [0.4, 0.5) is 0 Å². The fraction of sp³-hybridized carbons (Fsp3) is 0.866. The summed E-state index contributed by atoms with van der Waals surface area (Å²) in [5, 5.41) is 0. The summed E-state index contributed by atoms with van der Waals surface area (Å²) >= 11 is 0. The van der Waals surface area contributed by atoms with Gasteiger partial charge in [0, 0.05) is 19.3 Å². The predicted octanol–water partition coefficient (Wildman–Crippen LogP) is 22.0. The van der Waals surface area contributed by atoms with Crippen molar-refractivity contribution >= 4 is 17.9 Å². The molecule has 73 heavy (non-hydrogen) atoms. The van der Waals surface area contributed by atoms with Crippen LogP contribution in [0.25, 0.3) is 0 Å². The number of unbranched alkanes of at least 4 members (excludes halogenated alkanes) is 43. The molecule has 0 heterocycles. The molecule has 0 aromatic heterocycles. The van der Waals surface area contributed by atoms with Gasteiger partial charge in [-0.3, -0.25) is 14.4 Å². The lowest BCUT2D eigenvalue weighted by molar-refractivity contribution is -0.167. The zero-order valence-corrected chi connectivity index (χ0v) is 49.2. The Bertz CT molecular complexity index is 1220. The van der Waals surface area contributed by atoms with Crippen LogP contribution in [-0.2, 0) is 28.6 Å². The second-order valence-corrected chi connectivity index (χ2v) is 22.0. The highest BCUT2D eigenvalue weighted by atomic mass is 16.6. The van der Waals surface area contributed by atoms with E-state index in [2.05, 4.69) is 57.2 Å². The summed E-state index contributed by atoms with van der Waals surface area (Å²) in [6.07, 6.45) is 75.7. The van der Waals surface area contributed by atoms with Crippen molar-refractivity contribution in [3.8, 4) is 0 Å². The molecule has 0 aliphatic carbocycles. The molecule has 0 aromatic rings. The molecule has 0 saturated heterocycles. The molecule has 0 spiro atoms. The van der Waals surface area contributed by atoms with Crippen LogP contribution in [0.5, 0.6) is 0 Å². The molecule has 0 aliphatic rings. The third-order valence-electron chi connectivity index (χ3n) is 14.6. The summed E-state index contributed by atoms with van der Waals surface area (Å²) in [5.41, 5.74) is 0. The Kier molecular flexibility index (Phi) is 60.2. The normalized spacial score (nSPS) is 12.2. The first-order valence-electron chi connectivity index (χ1n) is 32.5. The van der Waals surface area contributed by atoms with Crippen molar-refractivity contribution in [1.29, 1.82) is 0 Å². The number of carbonyl (C=O) groups is 3. The van der Waals surface area contributed by atoms with Gasteiger partial charge in [0.2, 0.25) is 0 Å². The maximum Gasteiger partial charge on any atom is 0.306 e. The molecule has 0 amide bonds. The van der Waals surface area contributed by atoms with Gasteiger partial charge in [0.15, 0.2) is 6.10 Å². The van der Waals surface area contributed by atoms with Gasteiger partial charge >= 0.3 is 17.9 Å². The molecular formula is C67H124O6. The van der Waals surface area contributed by atoms with E-state index in [4.69, 9.17) is 14.2 Å². The van der Waals surface area contributed by atoms with E-state index < -0.39 is 6.10 Å². The van der Waals surface area contributed by atoms with Crippen molar-refractivity contribution in [3.63, 3.8) is 0 Å². The summed E-state index contributed by atoms with van der Waals surface area (Å²) in [5.74, 6) is -0.867. The summed E-state index contributed by atoms with van der Waals surface area (Å²) in [4.78, 5) is 38.3. The number of ether oxygens (including phenoxy) is 3. The SMILES string of the molecule is CCCCCCCCC/C=C\CCCCCCCCCC(=O)OC(COC(=O)CCCCCCC/C=C\CCCCCCCCC)COC(=O)CCCCCCCCCCC/C=C\CCCCCCCCCC. The lowest BCUT2D eigenvalue weighted by Crippen LogP contribution is -2.30. The van der Waals surface area contributed by atoms with Crippen molar-refractivity contribution in [1.82, 2.24) is 0 Å². The van der Waals surface area contributed by atoms with Gasteiger partial charge in [-0.25, -0.2) is 0 Å². The third-order valence-corrected chi connectivity index (χ3v) is 14.6. The molecular weight excluding hydrogens is 901 g/mol. The fourth-order valence-corrected chi connectivity index (χ4v) is 9.67. The van der Waals surface area contributed by atoms with Crippen molar-refractivity contribution in [2.75, 3.05) is 13.2 Å². The molecule has 1 unspecified atom stereocenters. The number of hydrogen-bond donors (Lipinski definition) is 0. The Balaban J connectivity index is 4.34. The van der Waals surface area contributed by atoms with E-state index in [1.165, 1.54) is 250 Å². The van der Waals surface area contributed by atoms with E-state index in [-0.39, 0.29) is 31.1 Å². The van der Waals surface area contributed by atoms with E-state index in [0.29, 0.717) is 19.3 Å². The minimum Gasteiger partial charge on any atom is -0.462 e. The van der Waals surface area contributed by atoms with Crippen molar-refractivity contribution in [2.24, 2.45) is 0 Å². The molecule has 6 nitrogen and oxygen atoms in total. The summed E-state index contributed by atoms with van der Waals surface area (Å²) < 4.78 is 16.9. The standard InChI is InChI=1S/C67H124O6/c1-4-7-10-13-16-19-22-25-28-31-33-34-35-37-39-42-45-48-51-54-57-60-66(69)72-63-64(62-71-65(68)59-56-53-50-47-44-41-38-30-27-24-21-18-15-12-9-6-3)73-67(70)61-58-55-52-49-46-43-40-36-32-29-26-23-20-17-14-11-8-5-2/h29-33,38,64H,4-28,34-37,39-63H2,1-3H3/b32-29-,33-31-,38-30-. The van der Waals surface area contributed by atoms with Gasteiger partial charge in [-0.15, -0.1) is 0 Å². The molecule has 0 fully saturated rings. The molecule has 6 heteroatoms. The first-order valence-corrected chi connectivity index (χ1v) is 32.5. The average molecular weight is 1030 g/mol. The molecule has 0 aliphatic heterocycles. The maximum absolute atomic E-state index is 12.9. The van der Waals surface area contributed by atoms with Crippen LogP contribution in [-0.4, -0.2) is 37.2 Å². The smallest absolute Gasteiger partial charge is 0.306 e. The van der Waals surface area contributed by atoms with Gasteiger partial charge in [-0.2, -0.15) is 0 Å². The number of rotatable bonds is 60. The molecule has 0 aromatic carbocycles. The highest BCUT2D eigenvalue weighted by Gasteiger charge is 2.19. The number of hydrogen-bond acceptors (Lipinski definition) is 6. The first-order chi connectivity index (χ1) is 36.0. The Morgan fingerprint density at radius 2 is 0.452 bits per heavy atom. The number of esters is 3. The van der Waals surface area contributed by atoms with E-state index in [1.54, 1.807) is 0 Å². The second-order valence-electron chi connectivity index (χ2n) is 22.0. The highest BCUT2D eigenvalue weighted by molar-refractivity contribution is 5.71. The largest absolute Gasteiger partial charge is 0.462 e. The van der Waals surface area contributed by atoms with Crippen LogP contribution >= 0.6 is 0 Å². The lowest BCUT2D eigenvalue weighted by atomic mass is 10.1. The maximum atomic E-state index is 12.9. The highest BCUT2D eigenvalue weighted by Crippen LogP contribution is 2.17. The monoisotopic (exact) mass is 1020 g/mol. The van der Waals surface area contributed by atoms with E-state index in [9.17, 15) is 14.4 Å². The van der Waals surface area contributed by atoms with Crippen LogP contribution in [0.15, 0.2) is 36.5 Å². The van der Waals surface area contributed by atoms with Gasteiger partial charge in [-0.1, -0.05) is 276 Å². The zero-order valence-electron chi connectivity index (χ0n) is 49.2. The molecule has 0 bridgehead atoms. The topological polar surface area (TPSA) is 78.9 Å². The second kappa shape index (κ2) is 62.2. The van der Waals surface area contributed by atoms with Crippen LogP contribution < -0.4 is 0 Å². The predicted molar refractivity (Wildman–Crippen MR) is 316 cm³/mol. The van der Waals surface area contributed by atoms with E-state index >= 15 is 0 Å². The molecule has 0 radical (unpaired) electrons. The summed E-state index contributed by atoms with van der Waals surface area (Å²) in [6.45, 7) is 6.68. The first kappa shape index (κ1) is 70.6. The molecule has 0 saturated carbocycles. The lowest BCUT2D eigenvalue weighted by Gasteiger charge is -2.18. The fourth-order valence-electron chi connectivity index (χ4n) is 9.67. The molecule has 0 rings (SSSR count).